The Hall–Kier alpha value is -3.38. The second kappa shape index (κ2) is 10.2. The minimum Gasteiger partial charge on any atom is -0.493 e. The summed E-state index contributed by atoms with van der Waals surface area (Å²) in [5, 5.41) is 6.08. The molecule has 0 atom stereocenters. The molecule has 0 bridgehead atoms. The average molecular weight is 436 g/mol. The number of anilines is 2. The summed E-state index contributed by atoms with van der Waals surface area (Å²) in [4.78, 5) is 28.7. The molecule has 0 fully saturated rings. The molecule has 0 aromatic carbocycles. The van der Waals surface area contributed by atoms with E-state index >= 15 is 0 Å². The molecule has 2 aliphatic rings. The number of rotatable bonds is 6. The molecule has 1 aromatic heterocycles. The maximum Gasteiger partial charge on any atom is 0.228 e. The Labute approximate surface area is 178 Å². The number of nitrogens with zero attached hydrogens (tertiary/aromatic N) is 1. The molecule has 8 heteroatoms. The van der Waals surface area contributed by atoms with Crippen molar-refractivity contribution in [2.75, 3.05) is 24.9 Å². The number of ether oxygens (including phenoxy) is 2. The molecule has 2 aliphatic carbocycles. The number of hydrogen-bond donors (Lipinski definition) is 2. The number of nitrogens with one attached hydrogen (secondary N) is 2. The molecular weight excluding hydrogens is 417 g/mol. The molecule has 2 N–H and O–H groups in total. The van der Waals surface area contributed by atoms with E-state index in [0.717, 1.165) is 0 Å². The van der Waals surface area contributed by atoms with Crippen LogP contribution in [0.25, 0.3) is 0 Å². The van der Waals surface area contributed by atoms with Crippen molar-refractivity contribution in [3.63, 3.8) is 0 Å². The van der Waals surface area contributed by atoms with Gasteiger partial charge in [0.25, 0.3) is 0 Å². The first-order valence-corrected chi connectivity index (χ1v) is 8.46. The largest absolute Gasteiger partial charge is 0.493 e. The molecule has 1 aromatic rings. The monoisotopic (exact) mass is 435 g/mol. The molecule has 0 aliphatic heterocycles. The van der Waals surface area contributed by atoms with Crippen LogP contribution in [0.2, 0.25) is 0 Å². The predicted molar refractivity (Wildman–Crippen MR) is 106 cm³/mol. The quantitative estimate of drug-likeness (QED) is 0.524. The fraction of sp³-hybridized carbons (Fsp3) is 0.0952. The van der Waals surface area contributed by atoms with E-state index in [1.54, 1.807) is 67.2 Å². The van der Waals surface area contributed by atoms with Crippen LogP contribution >= 0.6 is 0 Å². The summed E-state index contributed by atoms with van der Waals surface area (Å²) in [6.07, 6.45) is 14.8. The smallest absolute Gasteiger partial charge is 0.228 e. The second-order valence-corrected chi connectivity index (χ2v) is 5.73. The zero-order valence-corrected chi connectivity index (χ0v) is 16.7. The van der Waals surface area contributed by atoms with E-state index in [2.05, 4.69) is 15.6 Å². The number of allylic oxidation sites excluding steroid dienone is 8. The van der Waals surface area contributed by atoms with Gasteiger partial charge in [-0.1, -0.05) is 12.2 Å². The minimum atomic E-state index is -0.220. The number of Topliss-reactive ketones (excluding diaryl/α,β-unsaturated/α-hetero) is 2. The molecule has 0 radical (unpaired) electrons. The summed E-state index contributed by atoms with van der Waals surface area (Å²) in [5.41, 5.74) is 1.53. The zero-order valence-electron chi connectivity index (χ0n) is 15.7. The van der Waals surface area contributed by atoms with Crippen LogP contribution in [-0.4, -0.2) is 30.8 Å². The maximum absolute atomic E-state index is 12.2. The zero-order chi connectivity index (χ0) is 19.9. The first-order chi connectivity index (χ1) is 13.6. The number of aromatic nitrogens is 1. The van der Waals surface area contributed by atoms with E-state index in [1.165, 1.54) is 14.2 Å². The van der Waals surface area contributed by atoms with Crippen LogP contribution in [0.1, 0.15) is 0 Å². The molecule has 0 unspecified atom stereocenters. The minimum absolute atomic E-state index is 0. The van der Waals surface area contributed by atoms with E-state index in [4.69, 9.17) is 9.47 Å². The summed E-state index contributed by atoms with van der Waals surface area (Å²) in [5.74, 6) is 0.603. The summed E-state index contributed by atoms with van der Waals surface area (Å²) in [6, 6.07) is 3.56. The summed E-state index contributed by atoms with van der Waals surface area (Å²) < 4.78 is 10.1. The van der Waals surface area contributed by atoms with Crippen molar-refractivity contribution in [2.24, 2.45) is 0 Å². The molecule has 29 heavy (non-hydrogen) atoms. The SMILES string of the molecule is COC1=CC=C/C(=C/Nc2cccnc2N/C=C2/C=CC=C(OC)C2=O)C1=O.[Ni]. The topological polar surface area (TPSA) is 89.5 Å². The number of pyridine rings is 1. The van der Waals surface area contributed by atoms with Crippen molar-refractivity contribution < 1.29 is 35.6 Å². The predicted octanol–water partition coefficient (Wildman–Crippen LogP) is 3.01. The van der Waals surface area contributed by atoms with Gasteiger partial charge in [0.05, 0.1) is 19.9 Å². The Morgan fingerprint density at radius 2 is 1.45 bits per heavy atom. The fourth-order valence-corrected chi connectivity index (χ4v) is 2.55. The number of carbonyl (C=O) groups is 2. The van der Waals surface area contributed by atoms with Gasteiger partial charge in [-0.3, -0.25) is 9.59 Å². The third-order valence-corrected chi connectivity index (χ3v) is 4.01. The van der Waals surface area contributed by atoms with Crippen LogP contribution in [0.15, 0.2) is 89.9 Å². The molecule has 3 rings (SSSR count). The van der Waals surface area contributed by atoms with E-state index < -0.39 is 0 Å². The Morgan fingerprint density at radius 3 is 2.00 bits per heavy atom. The average Bonchev–Trinajstić information content (AvgIpc) is 2.73. The number of hydrogen-bond acceptors (Lipinski definition) is 7. The van der Waals surface area contributed by atoms with Crippen molar-refractivity contribution in [2.45, 2.75) is 0 Å². The molecule has 0 saturated carbocycles. The molecule has 7 nitrogen and oxygen atoms in total. The fourth-order valence-electron chi connectivity index (χ4n) is 2.55. The van der Waals surface area contributed by atoms with Gasteiger partial charge < -0.3 is 20.1 Å². The van der Waals surface area contributed by atoms with Crippen molar-refractivity contribution in [3.05, 3.63) is 89.9 Å². The Balaban J connectivity index is 0.00000300. The first-order valence-electron chi connectivity index (χ1n) is 8.46. The van der Waals surface area contributed by atoms with Crippen LogP contribution in [0.3, 0.4) is 0 Å². The van der Waals surface area contributed by atoms with Crippen LogP contribution in [-0.2, 0) is 35.6 Å². The third-order valence-electron chi connectivity index (χ3n) is 4.01. The normalized spacial score (nSPS) is 18.1. The van der Waals surface area contributed by atoms with Gasteiger partial charge in [0.2, 0.25) is 11.6 Å². The van der Waals surface area contributed by atoms with Crippen LogP contribution in [0.4, 0.5) is 11.5 Å². The summed E-state index contributed by atoms with van der Waals surface area (Å²) in [6.45, 7) is 0. The van der Waals surface area contributed by atoms with Crippen LogP contribution < -0.4 is 10.6 Å². The van der Waals surface area contributed by atoms with Gasteiger partial charge in [0.1, 0.15) is 0 Å². The molecular formula is C21H19N3NiO4. The van der Waals surface area contributed by atoms with Crippen molar-refractivity contribution >= 4 is 23.1 Å². The molecule has 0 saturated heterocycles. The molecule has 1 heterocycles. The van der Waals surface area contributed by atoms with E-state index in [9.17, 15) is 9.59 Å². The van der Waals surface area contributed by atoms with Gasteiger partial charge in [-0.25, -0.2) is 4.98 Å². The van der Waals surface area contributed by atoms with Gasteiger partial charge in [0.15, 0.2) is 17.3 Å². The molecule has 0 spiro atoms. The van der Waals surface area contributed by atoms with Crippen LogP contribution in [0.5, 0.6) is 0 Å². The van der Waals surface area contributed by atoms with Gasteiger partial charge in [0, 0.05) is 46.2 Å². The number of methoxy groups -OCH3 is 2. The summed E-state index contributed by atoms with van der Waals surface area (Å²) in [7, 11) is 2.91. The van der Waals surface area contributed by atoms with Gasteiger partial charge >= 0.3 is 0 Å². The van der Waals surface area contributed by atoms with Crippen molar-refractivity contribution in [3.8, 4) is 0 Å². The third kappa shape index (κ3) is 5.12. The Morgan fingerprint density at radius 1 is 0.897 bits per heavy atom. The van der Waals surface area contributed by atoms with Crippen LogP contribution in [0, 0.1) is 0 Å². The van der Waals surface area contributed by atoms with Crippen molar-refractivity contribution in [1.82, 2.24) is 4.98 Å². The maximum atomic E-state index is 12.2. The first kappa shape index (κ1) is 21.9. The van der Waals surface area contributed by atoms with Gasteiger partial charge in [-0.05, 0) is 36.4 Å². The molecule has 152 valence electrons. The van der Waals surface area contributed by atoms with E-state index in [-0.39, 0.29) is 39.6 Å². The standard InChI is InChI=1S/C21H19N3O4.Ni/c1-27-17-9-3-6-14(19(17)25)12-23-16-8-5-11-22-21(16)24-13-15-7-4-10-18(28-2)20(15)26;/h3-13,23H,1-2H3,(H,22,24);/b14-12-,15-13-;. The van der Waals surface area contributed by atoms with E-state index in [1.807, 2.05) is 0 Å². The Bertz CT molecular complexity index is 908. The Kier molecular flexibility index (Phi) is 7.74. The van der Waals surface area contributed by atoms with E-state index in [0.29, 0.717) is 22.7 Å². The second-order valence-electron chi connectivity index (χ2n) is 5.73. The van der Waals surface area contributed by atoms with Crippen molar-refractivity contribution in [1.29, 1.82) is 0 Å². The van der Waals surface area contributed by atoms with Gasteiger partial charge in [-0.2, -0.15) is 0 Å². The summed E-state index contributed by atoms with van der Waals surface area (Å²) >= 11 is 0. The molecule has 0 amide bonds. The van der Waals surface area contributed by atoms with Gasteiger partial charge in [-0.15, -0.1) is 0 Å². The number of carbonyl (C=O) groups excluding carboxylic acids is 2. The number of ketones is 2.